The van der Waals surface area contributed by atoms with Gasteiger partial charge in [-0.2, -0.15) is 0 Å². The molecule has 9 heteroatoms. The van der Waals surface area contributed by atoms with E-state index in [1.807, 2.05) is 14.1 Å². The molecule has 0 radical (unpaired) electrons. The molecule has 0 aliphatic heterocycles. The third-order valence-electron chi connectivity index (χ3n) is 3.80. The first-order valence-corrected chi connectivity index (χ1v) is 8.30. The minimum absolute atomic E-state index is 0.0748. The van der Waals surface area contributed by atoms with Gasteiger partial charge in [0.15, 0.2) is 0 Å². The molecular weight excluding hydrogens is 377 g/mol. The van der Waals surface area contributed by atoms with Crippen LogP contribution in [-0.4, -0.2) is 43.3 Å². The fraction of sp³-hybridized carbons (Fsp3) is 0.235. The van der Waals surface area contributed by atoms with E-state index in [4.69, 9.17) is 38.4 Å². The summed E-state index contributed by atoms with van der Waals surface area (Å²) in [5, 5.41) is 1.37. The Morgan fingerprint density at radius 1 is 1.00 bits per heavy atom. The molecule has 3 rings (SSSR count). The van der Waals surface area contributed by atoms with Gasteiger partial charge in [0.2, 0.25) is 0 Å². The minimum Gasteiger partial charge on any atom is -0.495 e. The quantitative estimate of drug-likeness (QED) is 0.635. The van der Waals surface area contributed by atoms with E-state index in [0.717, 1.165) is 0 Å². The first-order valence-electron chi connectivity index (χ1n) is 7.54. The lowest BCUT2D eigenvalue weighted by atomic mass is 10.1. The lowest BCUT2D eigenvalue weighted by Crippen LogP contribution is -2.12. The second-order valence-electron chi connectivity index (χ2n) is 5.64. The number of nitrogens with one attached hydrogen (secondary N) is 1. The van der Waals surface area contributed by atoms with Gasteiger partial charge in [0.1, 0.15) is 17.3 Å². The van der Waals surface area contributed by atoms with E-state index in [-0.39, 0.29) is 5.95 Å². The molecule has 0 fully saturated rings. The van der Waals surface area contributed by atoms with E-state index >= 15 is 0 Å². The highest BCUT2D eigenvalue weighted by atomic mass is 35.5. The van der Waals surface area contributed by atoms with Crippen molar-refractivity contribution in [1.82, 2.24) is 15.0 Å². The van der Waals surface area contributed by atoms with Crippen LogP contribution in [0.15, 0.2) is 18.3 Å². The van der Waals surface area contributed by atoms with E-state index in [2.05, 4.69) is 15.0 Å². The Morgan fingerprint density at radius 3 is 2.15 bits per heavy atom. The van der Waals surface area contributed by atoms with Crippen molar-refractivity contribution in [1.29, 1.82) is 0 Å². The van der Waals surface area contributed by atoms with Gasteiger partial charge in [0.05, 0.1) is 30.0 Å². The van der Waals surface area contributed by atoms with Crippen molar-refractivity contribution in [2.75, 3.05) is 33.2 Å². The van der Waals surface area contributed by atoms with Gasteiger partial charge < -0.3 is 30.1 Å². The third kappa shape index (κ3) is 3.04. The summed E-state index contributed by atoms with van der Waals surface area (Å²) in [6, 6.07) is 3.39. The summed E-state index contributed by atoms with van der Waals surface area (Å²) < 4.78 is 10.7. The molecule has 26 heavy (non-hydrogen) atoms. The van der Waals surface area contributed by atoms with Crippen molar-refractivity contribution in [3.63, 3.8) is 0 Å². The van der Waals surface area contributed by atoms with Crippen LogP contribution in [0, 0.1) is 0 Å². The number of ether oxygens (including phenoxy) is 2. The van der Waals surface area contributed by atoms with E-state index in [0.29, 0.717) is 49.5 Å². The van der Waals surface area contributed by atoms with Crippen molar-refractivity contribution >= 4 is 45.9 Å². The highest BCUT2D eigenvalue weighted by Gasteiger charge is 2.21. The van der Waals surface area contributed by atoms with Crippen LogP contribution >= 0.6 is 23.2 Å². The molecule has 0 amide bonds. The number of halogens is 2. The van der Waals surface area contributed by atoms with Crippen LogP contribution in [0.25, 0.3) is 27.9 Å². The van der Waals surface area contributed by atoms with Crippen LogP contribution in [0.3, 0.4) is 0 Å². The van der Waals surface area contributed by atoms with E-state index in [9.17, 15) is 0 Å². The summed E-state index contributed by atoms with van der Waals surface area (Å²) in [5.74, 6) is 1.35. The van der Waals surface area contributed by atoms with Crippen molar-refractivity contribution in [3.05, 3.63) is 34.1 Å². The van der Waals surface area contributed by atoms with Crippen molar-refractivity contribution in [2.45, 2.75) is 0 Å². The molecule has 3 aromatic rings. The van der Waals surface area contributed by atoms with Crippen LogP contribution in [-0.2, 0) is 0 Å². The smallest absolute Gasteiger partial charge is 0.141 e. The van der Waals surface area contributed by atoms with Crippen LogP contribution in [0.1, 0.15) is 0 Å². The second kappa shape index (κ2) is 7.01. The maximum atomic E-state index is 7.66. The number of nitrogens with zero attached hydrogens (tertiary/aromatic N) is 4. The highest BCUT2D eigenvalue weighted by Crippen LogP contribution is 2.46. The molecular formula is C17H16Cl2N5O2-. The van der Waals surface area contributed by atoms with Crippen LogP contribution in [0.2, 0.25) is 10.0 Å². The maximum absolute atomic E-state index is 7.66. The molecule has 1 N–H and O–H groups in total. The monoisotopic (exact) mass is 392 g/mol. The highest BCUT2D eigenvalue weighted by molar-refractivity contribution is 6.41. The Kier molecular flexibility index (Phi) is 4.93. The molecule has 0 unspecified atom stereocenters. The van der Waals surface area contributed by atoms with Gasteiger partial charge >= 0.3 is 0 Å². The van der Waals surface area contributed by atoms with Gasteiger partial charge in [-0.05, 0) is 17.6 Å². The number of hydrogen-bond acceptors (Lipinski definition) is 6. The molecule has 0 saturated carbocycles. The second-order valence-corrected chi connectivity index (χ2v) is 6.40. The Hall–Kier alpha value is -2.51. The predicted octanol–water partition coefficient (Wildman–Crippen LogP) is 4.77. The van der Waals surface area contributed by atoms with Gasteiger partial charge in [-0.15, -0.1) is 0 Å². The fourth-order valence-corrected chi connectivity index (χ4v) is 3.27. The number of methoxy groups -OCH3 is 2. The van der Waals surface area contributed by atoms with Crippen LogP contribution in [0.4, 0.5) is 11.8 Å². The zero-order chi connectivity index (χ0) is 19.0. The molecule has 2 heterocycles. The minimum atomic E-state index is -0.0748. The van der Waals surface area contributed by atoms with Crippen molar-refractivity contribution < 1.29 is 9.47 Å². The number of anilines is 1. The molecule has 0 bridgehead atoms. The first kappa shape index (κ1) is 18.3. The number of fused-ring (bicyclic) bond motifs is 1. The Morgan fingerprint density at radius 2 is 1.62 bits per heavy atom. The molecule has 136 valence electrons. The standard InChI is InChI=1S/C17H16Cl2N5O2/c1-24(2)16-15-8(7-21-17(20)23-15)5-9(22-16)12-13(18)10(25-3)6-11(26-4)14(12)19/h5-7H,1-4H3,(H-,20,21,23)/q-1. The number of aromatic nitrogens is 3. The normalized spacial score (nSPS) is 10.8. The van der Waals surface area contributed by atoms with Gasteiger partial charge in [-0.25, -0.2) is 4.98 Å². The van der Waals surface area contributed by atoms with Gasteiger partial charge in [-0.1, -0.05) is 23.2 Å². The topological polar surface area (TPSA) is 84.2 Å². The van der Waals surface area contributed by atoms with Gasteiger partial charge in [-0.3, -0.25) is 0 Å². The lowest BCUT2D eigenvalue weighted by Gasteiger charge is -2.20. The molecule has 2 aromatic heterocycles. The molecule has 0 saturated heterocycles. The average molecular weight is 393 g/mol. The SMILES string of the molecule is COc1cc(OC)c(Cl)c(-c2cc3cnc([NH-])nc3c(N(C)C)n2)c1Cl. The summed E-state index contributed by atoms with van der Waals surface area (Å²) in [5.41, 5.74) is 9.25. The molecule has 7 nitrogen and oxygen atoms in total. The number of pyridine rings is 1. The van der Waals surface area contributed by atoms with E-state index < -0.39 is 0 Å². The first-order chi connectivity index (χ1) is 12.4. The third-order valence-corrected chi connectivity index (χ3v) is 4.55. The Bertz CT molecular complexity index is 967. The Labute approximate surface area is 160 Å². The largest absolute Gasteiger partial charge is 0.495 e. The molecule has 0 aliphatic rings. The fourth-order valence-electron chi connectivity index (χ4n) is 2.57. The van der Waals surface area contributed by atoms with E-state index in [1.54, 1.807) is 23.2 Å². The van der Waals surface area contributed by atoms with E-state index in [1.165, 1.54) is 14.2 Å². The average Bonchev–Trinajstić information content (AvgIpc) is 2.61. The number of rotatable bonds is 4. The van der Waals surface area contributed by atoms with Crippen LogP contribution in [0.5, 0.6) is 11.5 Å². The molecule has 0 spiro atoms. The lowest BCUT2D eigenvalue weighted by molar-refractivity contribution is 0.395. The summed E-state index contributed by atoms with van der Waals surface area (Å²) in [6.45, 7) is 0. The zero-order valence-electron chi connectivity index (χ0n) is 14.6. The van der Waals surface area contributed by atoms with Gasteiger partial charge in [0, 0.05) is 37.2 Å². The maximum Gasteiger partial charge on any atom is 0.141 e. The van der Waals surface area contributed by atoms with Gasteiger partial charge in [0.25, 0.3) is 0 Å². The summed E-state index contributed by atoms with van der Waals surface area (Å²) in [7, 11) is 6.71. The summed E-state index contributed by atoms with van der Waals surface area (Å²) >= 11 is 13.0. The van der Waals surface area contributed by atoms with Crippen molar-refractivity contribution in [2.24, 2.45) is 0 Å². The molecule has 1 aromatic carbocycles. The zero-order valence-corrected chi connectivity index (χ0v) is 16.1. The van der Waals surface area contributed by atoms with Crippen LogP contribution < -0.4 is 14.4 Å². The summed E-state index contributed by atoms with van der Waals surface area (Å²) in [4.78, 5) is 14.6. The summed E-state index contributed by atoms with van der Waals surface area (Å²) in [6.07, 6.45) is 1.57. The number of benzene rings is 1. The molecule has 0 atom stereocenters. The predicted molar refractivity (Wildman–Crippen MR) is 104 cm³/mol. The Balaban J connectivity index is 2.38. The van der Waals surface area contributed by atoms with Crippen molar-refractivity contribution in [3.8, 4) is 22.8 Å². The molecule has 0 aliphatic carbocycles. The number of hydrogen-bond donors (Lipinski definition) is 0.